The van der Waals surface area contributed by atoms with Crippen molar-refractivity contribution in [1.29, 1.82) is 0 Å². The SMILES string of the molecule is Cc1c(C=N[C@@H](C)C[C@@H](C2CCC(C)C2)P(c2ccccc2)c2ccccc2)n(-c2ccccc2)c2ccccc12. The van der Waals surface area contributed by atoms with Gasteiger partial charge in [-0.2, -0.15) is 0 Å². The molecular formula is C38H41N2P. The van der Waals surface area contributed by atoms with Gasteiger partial charge >= 0.3 is 0 Å². The van der Waals surface area contributed by atoms with Crippen LogP contribution in [0.15, 0.2) is 120 Å². The first kappa shape index (κ1) is 27.7. The van der Waals surface area contributed by atoms with E-state index in [1.165, 1.54) is 57.7 Å². The normalized spacial score (nSPS) is 18.8. The van der Waals surface area contributed by atoms with E-state index in [1.54, 1.807) is 0 Å². The molecule has 0 radical (unpaired) electrons. The molecule has 1 saturated carbocycles. The van der Waals surface area contributed by atoms with Crippen molar-refractivity contribution in [3.8, 4) is 5.69 Å². The molecule has 6 rings (SSSR count). The molecule has 5 aromatic rings. The maximum absolute atomic E-state index is 5.30. The van der Waals surface area contributed by atoms with Crippen LogP contribution in [-0.2, 0) is 0 Å². The van der Waals surface area contributed by atoms with Gasteiger partial charge in [-0.15, -0.1) is 0 Å². The first-order valence-corrected chi connectivity index (χ1v) is 16.6. The highest BCUT2D eigenvalue weighted by molar-refractivity contribution is 7.73. The van der Waals surface area contributed by atoms with Gasteiger partial charge in [0.1, 0.15) is 0 Å². The first-order chi connectivity index (χ1) is 20.1. The van der Waals surface area contributed by atoms with Crippen molar-refractivity contribution in [2.45, 2.75) is 58.2 Å². The highest BCUT2D eigenvalue weighted by Gasteiger charge is 2.36. The Labute approximate surface area is 246 Å². The summed E-state index contributed by atoms with van der Waals surface area (Å²) < 4.78 is 2.37. The zero-order valence-electron chi connectivity index (χ0n) is 24.5. The molecule has 0 aliphatic heterocycles. The van der Waals surface area contributed by atoms with Crippen molar-refractivity contribution in [2.75, 3.05) is 0 Å². The van der Waals surface area contributed by atoms with Crippen LogP contribution in [-0.4, -0.2) is 22.5 Å². The van der Waals surface area contributed by atoms with E-state index in [0.717, 1.165) is 18.3 Å². The fourth-order valence-corrected chi connectivity index (χ4v) is 10.1. The number of rotatable bonds is 9. The molecule has 1 aliphatic carbocycles. The molecule has 0 amide bonds. The molecule has 3 heteroatoms. The average molecular weight is 557 g/mol. The monoisotopic (exact) mass is 556 g/mol. The number of benzene rings is 4. The fourth-order valence-electron chi connectivity index (χ4n) is 6.86. The lowest BCUT2D eigenvalue weighted by Gasteiger charge is -2.34. The van der Waals surface area contributed by atoms with Gasteiger partial charge in [0.05, 0.1) is 11.2 Å². The Morgan fingerprint density at radius 3 is 2.00 bits per heavy atom. The second kappa shape index (κ2) is 12.6. The third-order valence-corrected chi connectivity index (χ3v) is 11.9. The summed E-state index contributed by atoms with van der Waals surface area (Å²) in [7, 11) is -0.486. The van der Waals surface area contributed by atoms with E-state index in [2.05, 4.69) is 147 Å². The second-order valence-corrected chi connectivity index (χ2v) is 14.3. The lowest BCUT2D eigenvalue weighted by atomic mass is 9.97. The summed E-state index contributed by atoms with van der Waals surface area (Å²) in [5.41, 5.74) is 5.49. The van der Waals surface area contributed by atoms with E-state index < -0.39 is 7.92 Å². The van der Waals surface area contributed by atoms with Crippen LogP contribution >= 0.6 is 7.92 Å². The largest absolute Gasteiger partial charge is 0.308 e. The van der Waals surface area contributed by atoms with E-state index in [-0.39, 0.29) is 6.04 Å². The summed E-state index contributed by atoms with van der Waals surface area (Å²) in [6.07, 6.45) is 7.29. The third-order valence-electron chi connectivity index (χ3n) is 8.90. The van der Waals surface area contributed by atoms with Gasteiger partial charge in [-0.25, -0.2) is 0 Å². The highest BCUT2D eigenvalue weighted by Crippen LogP contribution is 2.50. The van der Waals surface area contributed by atoms with Crippen LogP contribution in [0.1, 0.15) is 50.8 Å². The Kier molecular flexibility index (Phi) is 8.49. The molecule has 0 saturated heterocycles. The molecule has 0 N–H and O–H groups in total. The molecule has 4 atom stereocenters. The summed E-state index contributed by atoms with van der Waals surface area (Å²) in [5.74, 6) is 1.56. The Morgan fingerprint density at radius 1 is 0.805 bits per heavy atom. The van der Waals surface area contributed by atoms with Crippen LogP contribution in [0.4, 0.5) is 0 Å². The van der Waals surface area contributed by atoms with Crippen LogP contribution < -0.4 is 10.6 Å². The molecule has 0 spiro atoms. The molecule has 4 aromatic carbocycles. The van der Waals surface area contributed by atoms with Gasteiger partial charge in [0, 0.05) is 23.3 Å². The van der Waals surface area contributed by atoms with E-state index in [9.17, 15) is 0 Å². The van der Waals surface area contributed by atoms with Crippen molar-refractivity contribution in [3.63, 3.8) is 0 Å². The number of aliphatic imine (C=N–C) groups is 1. The lowest BCUT2D eigenvalue weighted by molar-refractivity contribution is 0.455. The van der Waals surface area contributed by atoms with E-state index in [0.29, 0.717) is 5.66 Å². The Morgan fingerprint density at radius 2 is 1.39 bits per heavy atom. The van der Waals surface area contributed by atoms with Gasteiger partial charge in [0.2, 0.25) is 0 Å². The summed E-state index contributed by atoms with van der Waals surface area (Å²) in [5, 5.41) is 4.28. The third kappa shape index (κ3) is 5.95. The minimum atomic E-state index is -0.486. The number of hydrogen-bond donors (Lipinski definition) is 0. The highest BCUT2D eigenvalue weighted by atomic mass is 31.1. The van der Waals surface area contributed by atoms with Crippen molar-refractivity contribution in [2.24, 2.45) is 16.8 Å². The molecular weight excluding hydrogens is 515 g/mol. The number of nitrogens with zero attached hydrogens (tertiary/aromatic N) is 2. The standard InChI is InChI=1S/C38H41N2P/c1-28-23-24-31(25-28)38(41(33-17-9-5-10-18-33)34-19-11-6-12-20-34)26-29(2)39-27-37-30(3)35-21-13-14-22-36(35)40(37)32-15-7-4-8-16-32/h4-22,27-29,31,38H,23-26H2,1-3H3/t28?,29-,31?,38-/m0/s1. The molecule has 2 unspecified atom stereocenters. The number of aromatic nitrogens is 1. The van der Waals surface area contributed by atoms with E-state index >= 15 is 0 Å². The summed E-state index contributed by atoms with van der Waals surface area (Å²) >= 11 is 0. The maximum Gasteiger partial charge on any atom is 0.0676 e. The molecule has 1 aliphatic rings. The summed E-state index contributed by atoms with van der Waals surface area (Å²) in [6, 6.07) is 42.3. The number of fused-ring (bicyclic) bond motifs is 1. The van der Waals surface area contributed by atoms with Gasteiger partial charge in [-0.05, 0) is 92.9 Å². The van der Waals surface area contributed by atoms with Gasteiger partial charge in [-0.1, -0.05) is 110 Å². The molecule has 2 nitrogen and oxygen atoms in total. The zero-order chi connectivity index (χ0) is 28.2. The predicted molar refractivity (Wildman–Crippen MR) is 179 cm³/mol. The summed E-state index contributed by atoms with van der Waals surface area (Å²) in [6.45, 7) is 7.01. The molecule has 41 heavy (non-hydrogen) atoms. The quantitative estimate of drug-likeness (QED) is 0.127. The Balaban J connectivity index is 1.36. The van der Waals surface area contributed by atoms with Gasteiger partial charge in [0.25, 0.3) is 0 Å². The predicted octanol–water partition coefficient (Wildman–Crippen LogP) is 9.07. The topological polar surface area (TPSA) is 17.3 Å². The average Bonchev–Trinajstić information content (AvgIpc) is 3.58. The number of hydrogen-bond acceptors (Lipinski definition) is 1. The van der Waals surface area contributed by atoms with Crippen LogP contribution in [0.5, 0.6) is 0 Å². The van der Waals surface area contributed by atoms with Crippen molar-refractivity contribution in [3.05, 3.63) is 127 Å². The van der Waals surface area contributed by atoms with Gasteiger partial charge < -0.3 is 4.57 Å². The molecule has 208 valence electrons. The van der Waals surface area contributed by atoms with E-state index in [4.69, 9.17) is 4.99 Å². The van der Waals surface area contributed by atoms with Crippen LogP contribution in [0.3, 0.4) is 0 Å². The molecule has 0 bridgehead atoms. The second-order valence-electron chi connectivity index (χ2n) is 11.8. The minimum absolute atomic E-state index is 0.231. The maximum atomic E-state index is 5.30. The van der Waals surface area contributed by atoms with Crippen LogP contribution in [0, 0.1) is 18.8 Å². The molecule has 1 aromatic heterocycles. The van der Waals surface area contributed by atoms with Crippen molar-refractivity contribution in [1.82, 2.24) is 4.57 Å². The fraction of sp³-hybridized carbons (Fsp3) is 0.289. The van der Waals surface area contributed by atoms with Gasteiger partial charge in [0.15, 0.2) is 0 Å². The smallest absolute Gasteiger partial charge is 0.0676 e. The molecule has 1 heterocycles. The Bertz CT molecular complexity index is 1550. The van der Waals surface area contributed by atoms with Crippen molar-refractivity contribution < 1.29 is 0 Å². The van der Waals surface area contributed by atoms with Gasteiger partial charge in [-0.3, -0.25) is 4.99 Å². The van der Waals surface area contributed by atoms with Crippen LogP contribution in [0.25, 0.3) is 16.6 Å². The van der Waals surface area contributed by atoms with Crippen LogP contribution in [0.2, 0.25) is 0 Å². The van der Waals surface area contributed by atoms with Crippen molar-refractivity contribution >= 4 is 35.6 Å². The first-order valence-electron chi connectivity index (χ1n) is 15.2. The number of aryl methyl sites for hydroxylation is 1. The zero-order valence-corrected chi connectivity index (χ0v) is 25.4. The Hall–Kier alpha value is -3.48. The minimum Gasteiger partial charge on any atom is -0.308 e. The molecule has 1 fully saturated rings. The number of para-hydroxylation sites is 2. The summed E-state index contributed by atoms with van der Waals surface area (Å²) in [4.78, 5) is 5.30. The van der Waals surface area contributed by atoms with E-state index in [1.807, 2.05) is 0 Å². The lowest BCUT2D eigenvalue weighted by Crippen LogP contribution is -2.29.